The Labute approximate surface area is 190 Å². The number of carbonyl (C=O) groups is 1. The summed E-state index contributed by atoms with van der Waals surface area (Å²) < 4.78 is 43.2. The molecular weight excluding hydrogens is 458 g/mol. The molecule has 0 aliphatic carbocycles. The van der Waals surface area contributed by atoms with E-state index in [2.05, 4.69) is 0 Å². The van der Waals surface area contributed by atoms with E-state index in [0.717, 1.165) is 9.87 Å². The van der Waals surface area contributed by atoms with Crippen molar-refractivity contribution in [3.05, 3.63) is 58.5 Å². The average Bonchev–Trinajstić information content (AvgIpc) is 3.33. The fourth-order valence-electron chi connectivity index (χ4n) is 3.28. The minimum absolute atomic E-state index is 0.0377. The van der Waals surface area contributed by atoms with E-state index in [1.807, 2.05) is 16.8 Å². The average molecular weight is 484 g/mol. The van der Waals surface area contributed by atoms with Crippen molar-refractivity contribution in [2.75, 3.05) is 33.4 Å². The Bertz CT molecular complexity index is 1020. The second-order valence-electron chi connectivity index (χ2n) is 6.96. The van der Waals surface area contributed by atoms with Gasteiger partial charge >= 0.3 is 5.97 Å². The van der Waals surface area contributed by atoms with Crippen LogP contribution < -0.4 is 4.74 Å². The number of carboxylic acid groups (broad SMARTS) is 1. The molecule has 2 heterocycles. The van der Waals surface area contributed by atoms with Gasteiger partial charge in [0.2, 0.25) is 22.1 Å². The van der Waals surface area contributed by atoms with Crippen LogP contribution in [-0.2, 0) is 24.3 Å². The van der Waals surface area contributed by atoms with Gasteiger partial charge in [-0.25, -0.2) is 13.2 Å². The van der Waals surface area contributed by atoms with Crippen LogP contribution >= 0.6 is 11.3 Å². The van der Waals surface area contributed by atoms with Crippen molar-refractivity contribution >= 4 is 27.3 Å². The van der Waals surface area contributed by atoms with Gasteiger partial charge in [0.25, 0.3) is 0 Å². The zero-order valence-corrected chi connectivity index (χ0v) is 19.0. The summed E-state index contributed by atoms with van der Waals surface area (Å²) in [5.74, 6) is -1.04. The Morgan fingerprint density at radius 1 is 1.25 bits per heavy atom. The van der Waals surface area contributed by atoms with Crippen LogP contribution in [0.3, 0.4) is 0 Å². The number of allylic oxidation sites excluding steroid dienone is 1. The fourth-order valence-corrected chi connectivity index (χ4v) is 5.42. The largest absolute Gasteiger partial charge is 0.497 e. The van der Waals surface area contributed by atoms with Gasteiger partial charge in [-0.15, -0.1) is 0 Å². The number of benzene rings is 1. The molecular formula is C21H25NO8S2. The van der Waals surface area contributed by atoms with Crippen LogP contribution in [0.4, 0.5) is 0 Å². The molecule has 1 aliphatic rings. The number of hydrogen-bond acceptors (Lipinski definition) is 8. The Hall–Kier alpha value is -2.44. The van der Waals surface area contributed by atoms with E-state index < -0.39 is 22.3 Å². The summed E-state index contributed by atoms with van der Waals surface area (Å²) in [6.07, 6.45) is 1.12. The lowest BCUT2D eigenvalue weighted by Crippen LogP contribution is -2.37. The molecule has 2 N–H and O–H groups in total. The molecule has 0 unspecified atom stereocenters. The molecule has 2 aromatic rings. The van der Waals surface area contributed by atoms with E-state index in [1.54, 1.807) is 18.2 Å². The number of rotatable bonds is 11. The van der Waals surface area contributed by atoms with Crippen molar-refractivity contribution in [1.29, 1.82) is 0 Å². The van der Waals surface area contributed by atoms with E-state index in [0.29, 0.717) is 12.2 Å². The molecule has 32 heavy (non-hydrogen) atoms. The van der Waals surface area contributed by atoms with Gasteiger partial charge in [-0.1, -0.05) is 0 Å². The van der Waals surface area contributed by atoms with Crippen LogP contribution in [0.5, 0.6) is 5.75 Å². The zero-order valence-electron chi connectivity index (χ0n) is 17.4. The number of aliphatic carboxylic acids is 1. The van der Waals surface area contributed by atoms with Crippen LogP contribution in [0.15, 0.2) is 57.8 Å². The SMILES string of the molecule is COc1ccc(S(=O)(=O)N(CCO)CCO[C@@H]2C[C@H](c3ccsc3)C=C(C(=O)O)O2)cc1. The van der Waals surface area contributed by atoms with Crippen LogP contribution in [-0.4, -0.2) is 68.6 Å². The molecule has 1 aliphatic heterocycles. The number of aliphatic hydroxyl groups is 1. The van der Waals surface area contributed by atoms with Gasteiger partial charge in [-0.3, -0.25) is 0 Å². The van der Waals surface area contributed by atoms with Crippen LogP contribution in [0.25, 0.3) is 0 Å². The number of nitrogens with zero attached hydrogens (tertiary/aromatic N) is 1. The maximum absolute atomic E-state index is 13.0. The lowest BCUT2D eigenvalue weighted by Gasteiger charge is -2.29. The number of thiophene rings is 1. The summed E-state index contributed by atoms with van der Waals surface area (Å²) in [6, 6.07) is 7.86. The van der Waals surface area contributed by atoms with Gasteiger partial charge in [-0.05, 0) is 52.7 Å². The summed E-state index contributed by atoms with van der Waals surface area (Å²) >= 11 is 1.51. The third kappa shape index (κ3) is 5.87. The van der Waals surface area contributed by atoms with Crippen LogP contribution in [0.1, 0.15) is 17.9 Å². The highest BCUT2D eigenvalue weighted by atomic mass is 32.2. The van der Waals surface area contributed by atoms with E-state index in [4.69, 9.17) is 14.2 Å². The van der Waals surface area contributed by atoms with Gasteiger partial charge in [-0.2, -0.15) is 15.6 Å². The number of sulfonamides is 1. The molecule has 3 rings (SSSR count). The molecule has 174 valence electrons. The predicted octanol–water partition coefficient (Wildman–Crippen LogP) is 2.25. The second kappa shape index (κ2) is 10.9. The predicted molar refractivity (Wildman–Crippen MR) is 117 cm³/mol. The molecule has 0 bridgehead atoms. The third-order valence-corrected chi connectivity index (χ3v) is 7.54. The van der Waals surface area contributed by atoms with Crippen molar-refractivity contribution in [3.63, 3.8) is 0 Å². The highest BCUT2D eigenvalue weighted by Gasteiger charge is 2.30. The number of ether oxygens (including phenoxy) is 3. The van der Waals surface area contributed by atoms with Crippen LogP contribution in [0, 0.1) is 0 Å². The maximum Gasteiger partial charge on any atom is 0.370 e. The number of aliphatic hydroxyl groups excluding tert-OH is 1. The van der Waals surface area contributed by atoms with Crippen molar-refractivity contribution in [3.8, 4) is 5.75 Å². The first-order valence-corrected chi connectivity index (χ1v) is 12.2. The topological polar surface area (TPSA) is 123 Å². The first kappa shape index (κ1) is 24.2. The first-order valence-electron chi connectivity index (χ1n) is 9.85. The standard InChI is InChI=1S/C21H25NO8S2/c1-28-17-2-4-18(5-3-17)32(26,27)22(7-9-23)8-10-29-20-13-16(15-6-11-31-14-15)12-19(30-20)21(24)25/h2-6,11-12,14,16,20,23H,7-10,13H2,1H3,(H,24,25)/t16-,20+/m1/s1. The highest BCUT2D eigenvalue weighted by molar-refractivity contribution is 7.89. The first-order chi connectivity index (χ1) is 15.3. The molecule has 0 amide bonds. The Kier molecular flexibility index (Phi) is 8.26. The molecule has 0 radical (unpaired) electrons. The Morgan fingerprint density at radius 2 is 2.00 bits per heavy atom. The van der Waals surface area contributed by atoms with E-state index in [1.165, 1.54) is 30.6 Å². The van der Waals surface area contributed by atoms with E-state index in [9.17, 15) is 23.4 Å². The normalized spacial score (nSPS) is 18.8. The maximum atomic E-state index is 13.0. The molecule has 0 spiro atoms. The van der Waals surface area contributed by atoms with Gasteiger partial charge in [0.15, 0.2) is 0 Å². The Morgan fingerprint density at radius 3 is 2.59 bits per heavy atom. The summed E-state index contributed by atoms with van der Waals surface area (Å²) in [5, 5.41) is 22.6. The zero-order chi connectivity index (χ0) is 23.1. The molecule has 1 aromatic heterocycles. The summed E-state index contributed by atoms with van der Waals surface area (Å²) in [5.41, 5.74) is 0.967. The molecule has 0 saturated heterocycles. The molecule has 9 nitrogen and oxygen atoms in total. The number of hydrogen-bond donors (Lipinski definition) is 2. The summed E-state index contributed by atoms with van der Waals surface area (Å²) in [4.78, 5) is 11.5. The molecule has 1 aromatic carbocycles. The van der Waals surface area contributed by atoms with E-state index >= 15 is 0 Å². The minimum atomic E-state index is -3.87. The summed E-state index contributed by atoms with van der Waals surface area (Å²) in [7, 11) is -2.38. The highest BCUT2D eigenvalue weighted by Crippen LogP contribution is 2.32. The lowest BCUT2D eigenvalue weighted by molar-refractivity contribution is -0.157. The van der Waals surface area contributed by atoms with Crippen LogP contribution in [0.2, 0.25) is 0 Å². The van der Waals surface area contributed by atoms with Crippen molar-refractivity contribution in [2.24, 2.45) is 0 Å². The minimum Gasteiger partial charge on any atom is -0.497 e. The third-order valence-electron chi connectivity index (χ3n) is 4.93. The van der Waals surface area contributed by atoms with Gasteiger partial charge in [0.05, 0.1) is 25.2 Å². The van der Waals surface area contributed by atoms with E-state index in [-0.39, 0.29) is 42.9 Å². The van der Waals surface area contributed by atoms with Crippen molar-refractivity contribution < 1.29 is 37.6 Å². The molecule has 0 saturated carbocycles. The number of carboxylic acids is 1. The van der Waals surface area contributed by atoms with Gasteiger partial charge in [0.1, 0.15) is 5.75 Å². The quantitative estimate of drug-likeness (QED) is 0.499. The fraction of sp³-hybridized carbons (Fsp3) is 0.381. The van der Waals surface area contributed by atoms with Crippen molar-refractivity contribution in [1.82, 2.24) is 4.31 Å². The summed E-state index contributed by atoms with van der Waals surface area (Å²) in [6.45, 7) is -0.546. The second-order valence-corrected chi connectivity index (χ2v) is 9.67. The number of methoxy groups -OCH3 is 1. The molecule has 11 heteroatoms. The van der Waals surface area contributed by atoms with Crippen molar-refractivity contribution in [2.45, 2.75) is 23.5 Å². The lowest BCUT2D eigenvalue weighted by atomic mass is 9.95. The smallest absolute Gasteiger partial charge is 0.370 e. The molecule has 0 fully saturated rings. The molecule has 2 atom stereocenters. The van der Waals surface area contributed by atoms with Gasteiger partial charge in [0, 0.05) is 25.4 Å². The monoisotopic (exact) mass is 483 g/mol. The van der Waals surface area contributed by atoms with Gasteiger partial charge < -0.3 is 24.4 Å². The Balaban J connectivity index is 1.65.